The highest BCUT2D eigenvalue weighted by molar-refractivity contribution is 7.47. The van der Waals surface area contributed by atoms with Crippen LogP contribution in [0.15, 0.2) is 0 Å². The fraction of sp³-hybridized carbons (Fsp3) is 1.00. The van der Waals surface area contributed by atoms with Crippen LogP contribution in [0.2, 0.25) is 0 Å². The molecule has 0 aromatic rings. The second kappa shape index (κ2) is 55.3. The minimum Gasteiger partial charge on any atom is -0.379 e. The van der Waals surface area contributed by atoms with Crippen LogP contribution in [0.4, 0.5) is 79.0 Å². The first-order valence-corrected chi connectivity index (χ1v) is 41.9. The second-order valence-corrected chi connectivity index (χ2v) is 33.3. The average molecular weight is 1620 g/mol. The van der Waals surface area contributed by atoms with Gasteiger partial charge < -0.3 is 37.7 Å². The molecule has 106 heavy (non-hydrogen) atoms. The Morgan fingerprint density at radius 2 is 0.462 bits per heavy atom. The van der Waals surface area contributed by atoms with Crippen LogP contribution in [0.1, 0.15) is 283 Å². The van der Waals surface area contributed by atoms with Gasteiger partial charge in [0.1, 0.15) is 38.5 Å². The maximum atomic E-state index is 13.8. The molecule has 14 nitrogen and oxygen atoms in total. The molecule has 34 heteroatoms. The fourth-order valence-corrected chi connectivity index (χ4v) is 12.8. The molecule has 0 aromatic carbocycles. The number of phosphoric ester groups is 2. The number of halogens is 18. The number of hydrogen-bond donors (Lipinski definition) is 2. The Balaban J connectivity index is 4.16. The molecule has 0 aliphatic rings. The highest BCUT2D eigenvalue weighted by Crippen LogP contribution is 2.56. The molecule has 0 rings (SSSR count). The van der Waals surface area contributed by atoms with Gasteiger partial charge >= 0.3 is 63.5 Å². The first-order valence-electron chi connectivity index (χ1n) is 38.9. The molecule has 0 radical (unpaired) electrons. The van der Waals surface area contributed by atoms with Crippen molar-refractivity contribution < 1.29 is 144 Å². The topological polar surface area (TPSA) is 148 Å². The first-order chi connectivity index (χ1) is 49.3. The Morgan fingerprint density at radius 1 is 0.264 bits per heavy atom. The lowest BCUT2D eigenvalue weighted by Gasteiger charge is -2.33. The summed E-state index contributed by atoms with van der Waals surface area (Å²) in [6, 6.07) is 0. The van der Waals surface area contributed by atoms with E-state index in [4.69, 9.17) is 37.0 Å². The van der Waals surface area contributed by atoms with Crippen LogP contribution >= 0.6 is 15.6 Å². The SMILES string of the molecule is C[N+](C)(C)CCOP(=O)(O)OC[C@@H](COCCCCCCCCCCCCCCCCCCCCCCCCCCCCOC[C@H](COP(=O)(O)OCC[N+](C)(C)C)OCCCCCCCCCCC(F)(F)C(F)(F)C(F)(F)C(F)(F)F)OCCCCCCCCCCC(F)(F)C(F)(F)C(F)(F)C(F)(F)F. The van der Waals surface area contributed by atoms with Crippen molar-refractivity contribution in [2.75, 3.05) is 121 Å². The summed E-state index contributed by atoms with van der Waals surface area (Å²) in [7, 11) is 2.72. The standard InChI is InChI=1S/C72H132F18N2O12P2/c1-91(2,3)51-57-101-105(93,94)103-61-63(99-55-47-41-35-29-25-31-37-43-49-65(73,74)67(77,78)69(81,82)71(85,86)87)59-97-53-45-39-33-27-23-21-19-17-15-13-11-9-7-8-10-12-14-16-18-20-22-24-28-34-40-46-54-98-60-64(62-104-106(95,96)102-58-52-92(4,5)6)100-56-48-42-36-30-26-32-38-44-50-66(75,76)68(79,80)70(83,84)72(88,89)90/h63-64H,7-62H2,1-6H3/p+2/t63-,64-/m1/s1. The molecular formula is C72H134F18N2O12P2+2. The molecule has 0 amide bonds. The normalized spacial score (nSPS) is 15.4. The Hall–Kier alpha value is -1.28. The number of ether oxygens (including phenoxy) is 4. The quantitative estimate of drug-likeness (QED) is 0.0258. The van der Waals surface area contributed by atoms with E-state index in [1.807, 2.05) is 42.3 Å². The molecule has 4 atom stereocenters. The number of unbranched alkanes of at least 4 members (excludes halogenated alkanes) is 39. The van der Waals surface area contributed by atoms with Crippen LogP contribution in [0, 0.1) is 0 Å². The molecule has 0 heterocycles. The monoisotopic (exact) mass is 1620 g/mol. The van der Waals surface area contributed by atoms with Gasteiger partial charge in [0.05, 0.1) is 68.7 Å². The smallest absolute Gasteiger partial charge is 0.379 e. The molecule has 0 spiro atoms. The molecule has 0 aromatic heterocycles. The van der Waals surface area contributed by atoms with Crippen molar-refractivity contribution in [1.82, 2.24) is 0 Å². The lowest BCUT2D eigenvalue weighted by molar-refractivity contribution is -0.870. The van der Waals surface area contributed by atoms with Gasteiger partial charge in [-0.2, -0.15) is 79.0 Å². The number of phosphoric acid groups is 2. The summed E-state index contributed by atoms with van der Waals surface area (Å²) in [5.74, 6) is -38.0. The summed E-state index contributed by atoms with van der Waals surface area (Å²) >= 11 is 0. The van der Waals surface area contributed by atoms with Crippen LogP contribution in [0.5, 0.6) is 0 Å². The van der Waals surface area contributed by atoms with Crippen molar-refractivity contribution in [3.05, 3.63) is 0 Å². The second-order valence-electron chi connectivity index (χ2n) is 30.4. The maximum Gasteiger partial charge on any atom is 0.472 e. The van der Waals surface area contributed by atoms with E-state index in [0.717, 1.165) is 51.4 Å². The zero-order valence-corrected chi connectivity index (χ0v) is 66.1. The molecule has 2 unspecified atom stereocenters. The van der Waals surface area contributed by atoms with E-state index < -0.39 is 101 Å². The van der Waals surface area contributed by atoms with Gasteiger partial charge in [-0.1, -0.05) is 231 Å². The zero-order valence-electron chi connectivity index (χ0n) is 64.3. The summed E-state index contributed by atoms with van der Waals surface area (Å²) in [5.41, 5.74) is 0. The molecule has 0 saturated carbocycles. The van der Waals surface area contributed by atoms with Crippen molar-refractivity contribution >= 4 is 15.6 Å². The van der Waals surface area contributed by atoms with E-state index in [0.29, 0.717) is 112 Å². The number of quaternary nitrogens is 2. The molecular weight excluding hydrogens is 1490 g/mol. The largest absolute Gasteiger partial charge is 0.472 e. The van der Waals surface area contributed by atoms with Crippen molar-refractivity contribution in [1.29, 1.82) is 0 Å². The average Bonchev–Trinajstić information content (AvgIpc) is 0.754. The number of likely N-dealkylation sites (N-methyl/N-ethyl adjacent to an activating group) is 2. The van der Waals surface area contributed by atoms with Gasteiger partial charge in [-0.05, 0) is 38.5 Å². The lowest BCUT2D eigenvalue weighted by Crippen LogP contribution is -2.60. The maximum absolute atomic E-state index is 13.8. The summed E-state index contributed by atoms with van der Waals surface area (Å²) in [6.45, 7) is 2.20. The van der Waals surface area contributed by atoms with Crippen molar-refractivity contribution in [2.45, 2.75) is 343 Å². The van der Waals surface area contributed by atoms with Gasteiger partial charge in [0.2, 0.25) is 0 Å². The number of alkyl halides is 18. The summed E-state index contributed by atoms with van der Waals surface area (Å²) < 4.78 is 306. The van der Waals surface area contributed by atoms with E-state index in [2.05, 4.69) is 0 Å². The number of rotatable bonds is 75. The molecule has 638 valence electrons. The fourth-order valence-electron chi connectivity index (χ4n) is 11.3. The van der Waals surface area contributed by atoms with Crippen LogP contribution in [-0.2, 0) is 46.2 Å². The van der Waals surface area contributed by atoms with Crippen molar-refractivity contribution in [2.24, 2.45) is 0 Å². The van der Waals surface area contributed by atoms with Crippen LogP contribution in [-0.4, -0.2) is 200 Å². The zero-order chi connectivity index (χ0) is 80.4. The summed E-state index contributed by atoms with van der Waals surface area (Å²) in [5, 5.41) is 0. The van der Waals surface area contributed by atoms with E-state index in [1.165, 1.54) is 116 Å². The van der Waals surface area contributed by atoms with Crippen LogP contribution in [0.25, 0.3) is 0 Å². The molecule has 0 fully saturated rings. The highest BCUT2D eigenvalue weighted by atomic mass is 31.2. The summed E-state index contributed by atoms with van der Waals surface area (Å²) in [4.78, 5) is 20.5. The van der Waals surface area contributed by atoms with Crippen molar-refractivity contribution in [3.8, 4) is 0 Å². The number of hydrogen-bond acceptors (Lipinski definition) is 10. The number of nitrogens with zero attached hydrogens (tertiary/aromatic N) is 2. The minimum atomic E-state index is -6.87. The molecule has 0 aliphatic carbocycles. The highest BCUT2D eigenvalue weighted by Gasteiger charge is 2.82. The van der Waals surface area contributed by atoms with Gasteiger partial charge in [-0.25, -0.2) is 9.13 Å². The molecule has 0 aliphatic heterocycles. The van der Waals surface area contributed by atoms with Gasteiger partial charge in [0.15, 0.2) is 0 Å². The Kier molecular flexibility index (Phi) is 54.6. The minimum absolute atomic E-state index is 0.000192. The third-order valence-electron chi connectivity index (χ3n) is 18.2. The van der Waals surface area contributed by atoms with Gasteiger partial charge in [0.25, 0.3) is 0 Å². The van der Waals surface area contributed by atoms with E-state index >= 15 is 0 Å². The Morgan fingerprint density at radius 3 is 0.670 bits per heavy atom. The van der Waals surface area contributed by atoms with Gasteiger partial charge in [-0.15, -0.1) is 0 Å². The Bertz CT molecular complexity index is 2090. The first kappa shape index (κ1) is 105. The van der Waals surface area contributed by atoms with Crippen LogP contribution < -0.4 is 0 Å². The molecule has 0 bridgehead atoms. The van der Waals surface area contributed by atoms with Crippen LogP contribution in [0.3, 0.4) is 0 Å². The van der Waals surface area contributed by atoms with Gasteiger partial charge in [-0.3, -0.25) is 18.1 Å². The van der Waals surface area contributed by atoms with Gasteiger partial charge in [0, 0.05) is 39.3 Å². The third-order valence-corrected chi connectivity index (χ3v) is 20.2. The predicted molar refractivity (Wildman–Crippen MR) is 375 cm³/mol. The van der Waals surface area contributed by atoms with E-state index in [1.54, 1.807) is 0 Å². The summed E-state index contributed by atoms with van der Waals surface area (Å²) in [6.07, 6.45) is 17.7. The molecule has 0 saturated heterocycles. The predicted octanol–water partition coefficient (Wildman–Crippen LogP) is 23.6. The van der Waals surface area contributed by atoms with Crippen molar-refractivity contribution in [3.63, 3.8) is 0 Å². The molecule has 2 N–H and O–H groups in total. The van der Waals surface area contributed by atoms with E-state index in [-0.39, 0.29) is 65.7 Å². The lowest BCUT2D eigenvalue weighted by atomic mass is 9.97. The Labute approximate surface area is 621 Å². The third kappa shape index (κ3) is 50.1. The van der Waals surface area contributed by atoms with E-state index in [9.17, 15) is 97.9 Å².